The van der Waals surface area contributed by atoms with Crippen molar-refractivity contribution in [2.45, 2.75) is 20.1 Å². The molecule has 9 nitrogen and oxygen atoms in total. The molecule has 3 aromatic rings. The first-order valence-electron chi connectivity index (χ1n) is 7.24. The van der Waals surface area contributed by atoms with Crippen LogP contribution in [-0.4, -0.2) is 38.2 Å². The highest BCUT2D eigenvalue weighted by atomic mass is 16.5. The van der Waals surface area contributed by atoms with Gasteiger partial charge in [0, 0.05) is 0 Å². The van der Waals surface area contributed by atoms with E-state index in [0.717, 1.165) is 0 Å². The molecule has 24 heavy (non-hydrogen) atoms. The van der Waals surface area contributed by atoms with Crippen LogP contribution < -0.4 is 4.74 Å². The monoisotopic (exact) mass is 329 g/mol. The SMILES string of the molecule is CCn1ncc(-c2nc(COc3cccc(C(=O)OC)c3)no2)n1. The second-order valence-corrected chi connectivity index (χ2v) is 4.74. The summed E-state index contributed by atoms with van der Waals surface area (Å²) in [6.45, 7) is 2.68. The highest BCUT2D eigenvalue weighted by molar-refractivity contribution is 5.89. The Bertz CT molecular complexity index is 842. The molecule has 0 aliphatic heterocycles. The molecule has 9 heteroatoms. The number of benzene rings is 1. The van der Waals surface area contributed by atoms with Crippen LogP contribution >= 0.6 is 0 Å². The van der Waals surface area contributed by atoms with Crippen LogP contribution in [0.4, 0.5) is 0 Å². The van der Waals surface area contributed by atoms with E-state index in [0.29, 0.717) is 29.4 Å². The second kappa shape index (κ2) is 6.90. The zero-order chi connectivity index (χ0) is 16.9. The number of esters is 1. The minimum Gasteiger partial charge on any atom is -0.485 e. The molecule has 124 valence electrons. The Hall–Kier alpha value is -3.23. The number of hydrogen-bond donors (Lipinski definition) is 0. The highest BCUT2D eigenvalue weighted by Crippen LogP contribution is 2.17. The minimum atomic E-state index is -0.429. The molecule has 0 amide bonds. The van der Waals surface area contributed by atoms with E-state index in [1.807, 2.05) is 6.92 Å². The van der Waals surface area contributed by atoms with Crippen LogP contribution in [0.15, 0.2) is 35.0 Å². The van der Waals surface area contributed by atoms with Gasteiger partial charge in [-0.15, -0.1) is 5.10 Å². The molecule has 1 aromatic carbocycles. The number of nitrogens with zero attached hydrogens (tertiary/aromatic N) is 5. The number of ether oxygens (including phenoxy) is 2. The molecule has 0 unspecified atom stereocenters. The molecule has 0 N–H and O–H groups in total. The van der Waals surface area contributed by atoms with Gasteiger partial charge in [-0.05, 0) is 25.1 Å². The minimum absolute atomic E-state index is 0.0933. The summed E-state index contributed by atoms with van der Waals surface area (Å²) in [6, 6.07) is 6.65. The van der Waals surface area contributed by atoms with Gasteiger partial charge in [0.15, 0.2) is 12.3 Å². The van der Waals surface area contributed by atoms with Crippen LogP contribution in [0.3, 0.4) is 0 Å². The van der Waals surface area contributed by atoms with Crippen molar-refractivity contribution in [1.29, 1.82) is 0 Å². The molecule has 0 fully saturated rings. The van der Waals surface area contributed by atoms with E-state index < -0.39 is 5.97 Å². The van der Waals surface area contributed by atoms with Crippen LogP contribution in [-0.2, 0) is 17.9 Å². The lowest BCUT2D eigenvalue weighted by Gasteiger charge is -2.04. The van der Waals surface area contributed by atoms with Gasteiger partial charge < -0.3 is 14.0 Å². The van der Waals surface area contributed by atoms with E-state index in [9.17, 15) is 4.79 Å². The van der Waals surface area contributed by atoms with E-state index in [1.54, 1.807) is 30.5 Å². The molecule has 0 saturated carbocycles. The fraction of sp³-hybridized carbons (Fsp3) is 0.267. The first kappa shape index (κ1) is 15.7. The van der Waals surface area contributed by atoms with Crippen molar-refractivity contribution in [3.63, 3.8) is 0 Å². The van der Waals surface area contributed by atoms with Crippen molar-refractivity contribution in [3.8, 4) is 17.3 Å². The largest absolute Gasteiger partial charge is 0.485 e. The molecule has 2 heterocycles. The Balaban J connectivity index is 1.66. The second-order valence-electron chi connectivity index (χ2n) is 4.74. The lowest BCUT2D eigenvalue weighted by Crippen LogP contribution is -2.02. The van der Waals surface area contributed by atoms with Crippen molar-refractivity contribution < 1.29 is 18.8 Å². The number of carbonyl (C=O) groups excluding carboxylic acids is 1. The molecule has 2 aromatic heterocycles. The molecular formula is C15H15N5O4. The maximum atomic E-state index is 11.5. The van der Waals surface area contributed by atoms with E-state index in [2.05, 4.69) is 25.1 Å². The molecule has 0 radical (unpaired) electrons. The van der Waals surface area contributed by atoms with Gasteiger partial charge in [0.25, 0.3) is 5.89 Å². The van der Waals surface area contributed by atoms with Gasteiger partial charge in [-0.1, -0.05) is 11.2 Å². The molecule has 0 bridgehead atoms. The van der Waals surface area contributed by atoms with Crippen LogP contribution in [0.1, 0.15) is 23.1 Å². The van der Waals surface area contributed by atoms with Crippen molar-refractivity contribution in [1.82, 2.24) is 25.1 Å². The fourth-order valence-electron chi connectivity index (χ4n) is 1.94. The van der Waals surface area contributed by atoms with Crippen LogP contribution in [0.25, 0.3) is 11.6 Å². The molecule has 0 saturated heterocycles. The van der Waals surface area contributed by atoms with Crippen molar-refractivity contribution in [3.05, 3.63) is 41.9 Å². The first-order valence-corrected chi connectivity index (χ1v) is 7.24. The summed E-state index contributed by atoms with van der Waals surface area (Å²) >= 11 is 0. The summed E-state index contributed by atoms with van der Waals surface area (Å²) < 4.78 is 15.4. The summed E-state index contributed by atoms with van der Waals surface area (Å²) in [5.74, 6) is 0.707. The zero-order valence-corrected chi connectivity index (χ0v) is 13.2. The lowest BCUT2D eigenvalue weighted by atomic mass is 10.2. The maximum Gasteiger partial charge on any atom is 0.337 e. The van der Waals surface area contributed by atoms with Crippen LogP contribution in [0.2, 0.25) is 0 Å². The first-order chi connectivity index (χ1) is 11.7. The van der Waals surface area contributed by atoms with Crippen molar-refractivity contribution >= 4 is 5.97 Å². The number of aryl methyl sites for hydroxylation is 1. The van der Waals surface area contributed by atoms with Gasteiger partial charge in [-0.25, -0.2) is 4.79 Å². The Labute approximate surface area is 137 Å². The topological polar surface area (TPSA) is 105 Å². The number of rotatable bonds is 6. The molecule has 0 aliphatic carbocycles. The fourth-order valence-corrected chi connectivity index (χ4v) is 1.94. The predicted octanol–water partition coefficient (Wildman–Crippen LogP) is 1.71. The van der Waals surface area contributed by atoms with Crippen molar-refractivity contribution in [2.75, 3.05) is 7.11 Å². The lowest BCUT2D eigenvalue weighted by molar-refractivity contribution is 0.0600. The third-order valence-electron chi connectivity index (χ3n) is 3.13. The zero-order valence-electron chi connectivity index (χ0n) is 13.2. The van der Waals surface area contributed by atoms with E-state index in [-0.39, 0.29) is 12.5 Å². The third-order valence-corrected chi connectivity index (χ3v) is 3.13. The molecular weight excluding hydrogens is 314 g/mol. The van der Waals surface area contributed by atoms with Gasteiger partial charge in [0.05, 0.1) is 25.4 Å². The van der Waals surface area contributed by atoms with Gasteiger partial charge in [-0.3, -0.25) is 0 Å². The smallest absolute Gasteiger partial charge is 0.337 e. The summed E-state index contributed by atoms with van der Waals surface area (Å²) in [7, 11) is 1.32. The molecule has 0 atom stereocenters. The average Bonchev–Trinajstić information content (AvgIpc) is 3.28. The summed E-state index contributed by atoms with van der Waals surface area (Å²) in [6.07, 6.45) is 1.56. The summed E-state index contributed by atoms with van der Waals surface area (Å²) in [4.78, 5) is 17.2. The van der Waals surface area contributed by atoms with E-state index in [4.69, 9.17) is 9.26 Å². The maximum absolute atomic E-state index is 11.5. The normalized spacial score (nSPS) is 10.6. The van der Waals surface area contributed by atoms with Gasteiger partial charge in [-0.2, -0.15) is 14.9 Å². The Morgan fingerprint density at radius 3 is 3.00 bits per heavy atom. The third kappa shape index (κ3) is 3.40. The number of aromatic nitrogens is 5. The molecule has 3 rings (SSSR count). The van der Waals surface area contributed by atoms with Crippen LogP contribution in [0.5, 0.6) is 5.75 Å². The highest BCUT2D eigenvalue weighted by Gasteiger charge is 2.13. The summed E-state index contributed by atoms with van der Waals surface area (Å²) in [5, 5.41) is 12.1. The van der Waals surface area contributed by atoms with E-state index in [1.165, 1.54) is 11.9 Å². The average molecular weight is 329 g/mol. The van der Waals surface area contributed by atoms with E-state index >= 15 is 0 Å². The van der Waals surface area contributed by atoms with Crippen LogP contribution in [0, 0.1) is 0 Å². The van der Waals surface area contributed by atoms with Crippen molar-refractivity contribution in [2.24, 2.45) is 0 Å². The predicted molar refractivity (Wildman–Crippen MR) is 81.1 cm³/mol. The molecule has 0 aliphatic rings. The van der Waals surface area contributed by atoms with Gasteiger partial charge in [0.2, 0.25) is 5.82 Å². The Morgan fingerprint density at radius 1 is 1.38 bits per heavy atom. The number of carbonyl (C=O) groups is 1. The Kier molecular flexibility index (Phi) is 4.50. The van der Waals surface area contributed by atoms with Gasteiger partial charge >= 0.3 is 5.97 Å². The molecule has 0 spiro atoms. The van der Waals surface area contributed by atoms with Gasteiger partial charge in [0.1, 0.15) is 5.75 Å². The summed E-state index contributed by atoms with van der Waals surface area (Å²) in [5.41, 5.74) is 0.906. The standard InChI is InChI=1S/C15H15N5O4/c1-3-20-16-8-12(18-20)14-17-13(19-24-14)9-23-11-6-4-5-10(7-11)15(21)22-2/h4-8H,3,9H2,1-2H3. The Morgan fingerprint density at radius 2 is 2.25 bits per heavy atom. The number of methoxy groups -OCH3 is 1. The number of hydrogen-bond acceptors (Lipinski definition) is 8. The quantitative estimate of drug-likeness (QED) is 0.629.